The molecule has 0 aliphatic rings. The van der Waals surface area contributed by atoms with Crippen LogP contribution >= 0.6 is 0 Å². The highest BCUT2D eigenvalue weighted by Gasteiger charge is 2.12. The van der Waals surface area contributed by atoms with Crippen LogP contribution in [0.4, 0.5) is 0 Å². The van der Waals surface area contributed by atoms with Crippen molar-refractivity contribution in [2.24, 2.45) is 0 Å². The molecule has 0 saturated carbocycles. The van der Waals surface area contributed by atoms with Gasteiger partial charge in [-0.3, -0.25) is 4.79 Å². The van der Waals surface area contributed by atoms with E-state index in [-0.39, 0.29) is 11.9 Å². The number of benzene rings is 3. The first-order valence-corrected chi connectivity index (χ1v) is 10.9. The molecule has 3 rings (SSSR count). The molecule has 4 heteroatoms. The van der Waals surface area contributed by atoms with Crippen molar-refractivity contribution in [2.75, 3.05) is 20.2 Å². The van der Waals surface area contributed by atoms with Gasteiger partial charge in [-0.25, -0.2) is 4.79 Å². The van der Waals surface area contributed by atoms with Gasteiger partial charge in [0, 0.05) is 19.7 Å². The molecule has 0 aliphatic carbocycles. The largest absolute Gasteiger partial charge is 0.463 e. The molecule has 164 valence electrons. The first-order chi connectivity index (χ1) is 15.6. The molecular formula is C28H29NO3. The van der Waals surface area contributed by atoms with Gasteiger partial charge in [-0.2, -0.15) is 0 Å². The Bertz CT molecular complexity index is 1060. The second-order valence-corrected chi connectivity index (χ2v) is 7.60. The van der Waals surface area contributed by atoms with Gasteiger partial charge in [0.1, 0.15) is 0 Å². The summed E-state index contributed by atoms with van der Waals surface area (Å²) in [5, 5.41) is 0. The number of amides is 1. The summed E-state index contributed by atoms with van der Waals surface area (Å²) in [6, 6.07) is 26.1. The summed E-state index contributed by atoms with van der Waals surface area (Å²) in [6.45, 7) is 2.78. The maximum atomic E-state index is 12.8. The van der Waals surface area contributed by atoms with Crippen molar-refractivity contribution in [3.05, 3.63) is 102 Å². The number of hydrogen-bond acceptors (Lipinski definition) is 3. The predicted molar refractivity (Wildman–Crippen MR) is 129 cm³/mol. The van der Waals surface area contributed by atoms with Crippen LogP contribution in [0.15, 0.2) is 84.9 Å². The van der Waals surface area contributed by atoms with Gasteiger partial charge in [-0.1, -0.05) is 78.9 Å². The van der Waals surface area contributed by atoms with Crippen LogP contribution in [0.3, 0.4) is 0 Å². The monoisotopic (exact) mass is 427 g/mol. The fourth-order valence-corrected chi connectivity index (χ4v) is 3.46. The van der Waals surface area contributed by atoms with Crippen LogP contribution in [-0.4, -0.2) is 37.0 Å². The quantitative estimate of drug-likeness (QED) is 0.349. The Kier molecular flexibility index (Phi) is 8.38. The number of hydrogen-bond donors (Lipinski definition) is 0. The molecule has 0 saturated heterocycles. The molecule has 0 aliphatic heterocycles. The fourth-order valence-electron chi connectivity index (χ4n) is 3.46. The van der Waals surface area contributed by atoms with E-state index in [1.54, 1.807) is 17.9 Å². The maximum Gasteiger partial charge on any atom is 0.330 e. The number of rotatable bonds is 9. The molecule has 3 aromatic carbocycles. The summed E-state index contributed by atoms with van der Waals surface area (Å²) in [6.07, 6.45) is 4.32. The number of nitrogens with zero attached hydrogens (tertiary/aromatic N) is 1. The molecule has 4 nitrogen and oxygen atoms in total. The smallest absolute Gasteiger partial charge is 0.330 e. The first-order valence-electron chi connectivity index (χ1n) is 10.9. The van der Waals surface area contributed by atoms with E-state index in [1.165, 1.54) is 11.6 Å². The topological polar surface area (TPSA) is 46.6 Å². The average Bonchev–Trinajstić information content (AvgIpc) is 2.82. The Morgan fingerprint density at radius 2 is 1.59 bits per heavy atom. The molecule has 0 bridgehead atoms. The van der Waals surface area contributed by atoms with E-state index < -0.39 is 0 Å². The number of carbonyl (C=O) groups excluding carboxylic acids is 2. The fraction of sp³-hybridized carbons (Fsp3) is 0.214. The van der Waals surface area contributed by atoms with Crippen molar-refractivity contribution in [1.82, 2.24) is 4.90 Å². The molecule has 0 N–H and O–H groups in total. The Morgan fingerprint density at radius 1 is 0.906 bits per heavy atom. The summed E-state index contributed by atoms with van der Waals surface area (Å²) in [5.41, 5.74) is 5.05. The van der Waals surface area contributed by atoms with Gasteiger partial charge < -0.3 is 9.64 Å². The highest BCUT2D eigenvalue weighted by Crippen LogP contribution is 2.26. The summed E-state index contributed by atoms with van der Waals surface area (Å²) in [7, 11) is 1.84. The van der Waals surface area contributed by atoms with Gasteiger partial charge in [0.25, 0.3) is 0 Å². The lowest BCUT2D eigenvalue weighted by molar-refractivity contribution is -0.137. The SMILES string of the molecule is CCOC(=O)/C=C/c1cc(CC(=O)N(C)CCc2ccccc2)ccc1-c1ccccc1. The van der Waals surface area contributed by atoms with Crippen molar-refractivity contribution in [2.45, 2.75) is 19.8 Å². The minimum Gasteiger partial charge on any atom is -0.463 e. The summed E-state index contributed by atoms with van der Waals surface area (Å²) in [5.74, 6) is -0.317. The molecule has 0 atom stereocenters. The van der Waals surface area contributed by atoms with Gasteiger partial charge >= 0.3 is 5.97 Å². The molecular weight excluding hydrogens is 398 g/mol. The second-order valence-electron chi connectivity index (χ2n) is 7.60. The Balaban J connectivity index is 1.75. The number of likely N-dealkylation sites (N-methyl/N-ethyl adjacent to an activating group) is 1. The van der Waals surface area contributed by atoms with Crippen molar-refractivity contribution in [3.8, 4) is 11.1 Å². The highest BCUT2D eigenvalue weighted by molar-refractivity contribution is 5.89. The van der Waals surface area contributed by atoms with E-state index in [4.69, 9.17) is 4.74 Å². The third-order valence-corrected chi connectivity index (χ3v) is 5.25. The van der Waals surface area contributed by atoms with Gasteiger partial charge in [0.2, 0.25) is 5.91 Å². The summed E-state index contributed by atoms with van der Waals surface area (Å²) in [4.78, 5) is 26.4. The van der Waals surface area contributed by atoms with Crippen LogP contribution < -0.4 is 0 Å². The predicted octanol–water partition coefficient (Wildman–Crippen LogP) is 5.17. The number of ether oxygens (including phenoxy) is 1. The van der Waals surface area contributed by atoms with Crippen LogP contribution in [0.25, 0.3) is 17.2 Å². The lowest BCUT2D eigenvalue weighted by Gasteiger charge is -2.18. The van der Waals surface area contributed by atoms with Gasteiger partial charge in [-0.15, -0.1) is 0 Å². The van der Waals surface area contributed by atoms with E-state index in [9.17, 15) is 9.59 Å². The van der Waals surface area contributed by atoms with E-state index in [0.717, 1.165) is 28.7 Å². The van der Waals surface area contributed by atoms with Crippen LogP contribution in [-0.2, 0) is 27.2 Å². The average molecular weight is 428 g/mol. The molecule has 0 aromatic heterocycles. The molecule has 0 heterocycles. The molecule has 0 spiro atoms. The molecule has 3 aromatic rings. The highest BCUT2D eigenvalue weighted by atomic mass is 16.5. The van der Waals surface area contributed by atoms with E-state index in [1.807, 2.05) is 73.8 Å². The van der Waals surface area contributed by atoms with Gasteiger partial charge in [0.15, 0.2) is 0 Å². The maximum absolute atomic E-state index is 12.8. The van der Waals surface area contributed by atoms with Crippen molar-refractivity contribution < 1.29 is 14.3 Å². The number of esters is 1. The first kappa shape index (κ1) is 23.0. The zero-order valence-electron chi connectivity index (χ0n) is 18.7. The van der Waals surface area contributed by atoms with Crippen LogP contribution in [0.5, 0.6) is 0 Å². The van der Waals surface area contributed by atoms with Crippen LogP contribution in [0, 0.1) is 0 Å². The lowest BCUT2D eigenvalue weighted by atomic mass is 9.96. The van der Waals surface area contributed by atoms with E-state index in [0.29, 0.717) is 19.6 Å². The minimum atomic E-state index is -0.381. The van der Waals surface area contributed by atoms with E-state index >= 15 is 0 Å². The van der Waals surface area contributed by atoms with Crippen LogP contribution in [0.1, 0.15) is 23.6 Å². The lowest BCUT2D eigenvalue weighted by Crippen LogP contribution is -2.30. The van der Waals surface area contributed by atoms with E-state index in [2.05, 4.69) is 12.1 Å². The third-order valence-electron chi connectivity index (χ3n) is 5.25. The Hall–Kier alpha value is -3.66. The summed E-state index contributed by atoms with van der Waals surface area (Å²) < 4.78 is 5.01. The van der Waals surface area contributed by atoms with Crippen molar-refractivity contribution in [1.29, 1.82) is 0 Å². The van der Waals surface area contributed by atoms with Gasteiger partial charge in [-0.05, 0) is 47.2 Å². The molecule has 1 amide bonds. The zero-order chi connectivity index (χ0) is 22.8. The standard InChI is InChI=1S/C28H29NO3/c1-3-32-28(31)17-15-25-20-23(14-16-26(25)24-12-8-5-9-13-24)21-27(30)29(2)19-18-22-10-6-4-7-11-22/h4-17,20H,3,18-19,21H2,1-2H3/b17-15+. The molecule has 0 fully saturated rings. The zero-order valence-corrected chi connectivity index (χ0v) is 18.7. The van der Waals surface area contributed by atoms with Crippen LogP contribution in [0.2, 0.25) is 0 Å². The Morgan fingerprint density at radius 3 is 2.28 bits per heavy atom. The minimum absolute atomic E-state index is 0.0636. The van der Waals surface area contributed by atoms with Crippen molar-refractivity contribution >= 4 is 18.0 Å². The van der Waals surface area contributed by atoms with Crippen molar-refractivity contribution in [3.63, 3.8) is 0 Å². The molecule has 0 unspecified atom stereocenters. The number of carbonyl (C=O) groups is 2. The Labute approximate surface area is 190 Å². The second kappa shape index (κ2) is 11.7. The third kappa shape index (κ3) is 6.67. The van der Waals surface area contributed by atoms with Gasteiger partial charge in [0.05, 0.1) is 13.0 Å². The molecule has 0 radical (unpaired) electrons. The normalized spacial score (nSPS) is 10.8. The molecule has 32 heavy (non-hydrogen) atoms. The summed E-state index contributed by atoms with van der Waals surface area (Å²) >= 11 is 0.